The number of aryl methyl sites for hydroxylation is 1. The van der Waals surface area contributed by atoms with Gasteiger partial charge in [0.15, 0.2) is 0 Å². The van der Waals surface area contributed by atoms with Gasteiger partial charge in [-0.1, -0.05) is 0 Å². The van der Waals surface area contributed by atoms with E-state index >= 15 is 0 Å². The quantitative estimate of drug-likeness (QED) is 0.638. The highest BCUT2D eigenvalue weighted by molar-refractivity contribution is 5.97. The van der Waals surface area contributed by atoms with E-state index in [2.05, 4.69) is 4.98 Å². The lowest BCUT2D eigenvalue weighted by Gasteiger charge is -2.21. The molecular formula is C11H13N3O5. The van der Waals surface area contributed by atoms with Gasteiger partial charge in [-0.15, -0.1) is 0 Å². The molecule has 1 amide bonds. The molecule has 0 spiro atoms. The molecular weight excluding hydrogens is 254 g/mol. The van der Waals surface area contributed by atoms with Crippen molar-refractivity contribution in [2.45, 2.75) is 19.9 Å². The Bertz CT molecular complexity index is 543. The van der Waals surface area contributed by atoms with Crippen LogP contribution in [0.25, 0.3) is 0 Å². The van der Waals surface area contributed by atoms with Crippen molar-refractivity contribution in [2.75, 3.05) is 7.05 Å². The average Bonchev–Trinajstić information content (AvgIpc) is 2.36. The van der Waals surface area contributed by atoms with Gasteiger partial charge in [0.2, 0.25) is 0 Å². The Morgan fingerprint density at radius 3 is 2.58 bits per heavy atom. The summed E-state index contributed by atoms with van der Waals surface area (Å²) in [7, 11) is 1.32. The number of aliphatic carboxylic acids is 1. The number of carboxylic acids is 1. The first-order chi connectivity index (χ1) is 8.75. The lowest BCUT2D eigenvalue weighted by molar-refractivity contribution is -0.385. The molecule has 0 aliphatic carbocycles. The third kappa shape index (κ3) is 3.03. The normalized spacial score (nSPS) is 11.7. The second kappa shape index (κ2) is 5.42. The summed E-state index contributed by atoms with van der Waals surface area (Å²) in [5.41, 5.74) is 0.00941. The maximum absolute atomic E-state index is 12.1. The molecule has 0 aliphatic rings. The number of carbonyl (C=O) groups is 2. The molecule has 1 aromatic rings. The molecule has 0 saturated heterocycles. The van der Waals surface area contributed by atoms with Crippen molar-refractivity contribution in [2.24, 2.45) is 0 Å². The van der Waals surface area contributed by atoms with Gasteiger partial charge in [-0.25, -0.2) is 4.79 Å². The molecule has 0 bridgehead atoms. The van der Waals surface area contributed by atoms with Crippen molar-refractivity contribution in [1.29, 1.82) is 0 Å². The van der Waals surface area contributed by atoms with E-state index in [1.807, 2.05) is 0 Å². The Morgan fingerprint density at radius 2 is 2.11 bits per heavy atom. The highest BCUT2D eigenvalue weighted by Crippen LogP contribution is 2.17. The number of pyridine rings is 1. The standard InChI is InChI=1S/C11H13N3O5/c1-6-9(4-8(5-12-6)14(18)19)10(15)13(3)7(2)11(16)17/h4-5,7H,1-3H3,(H,16,17). The largest absolute Gasteiger partial charge is 0.480 e. The van der Waals surface area contributed by atoms with Crippen molar-refractivity contribution in [3.8, 4) is 0 Å². The van der Waals surface area contributed by atoms with Gasteiger partial charge >= 0.3 is 5.97 Å². The first-order valence-electron chi connectivity index (χ1n) is 5.36. The van der Waals surface area contributed by atoms with Gasteiger partial charge in [-0.05, 0) is 13.8 Å². The maximum atomic E-state index is 12.1. The van der Waals surface area contributed by atoms with Gasteiger partial charge in [0.05, 0.1) is 16.2 Å². The number of nitro groups is 1. The second-order valence-electron chi connectivity index (χ2n) is 4.01. The zero-order valence-electron chi connectivity index (χ0n) is 10.7. The molecule has 1 atom stereocenters. The van der Waals surface area contributed by atoms with Gasteiger partial charge in [-0.3, -0.25) is 19.9 Å². The minimum Gasteiger partial charge on any atom is -0.480 e. The zero-order valence-corrected chi connectivity index (χ0v) is 10.7. The predicted octanol–water partition coefficient (Wildman–Crippen LogP) is 0.843. The summed E-state index contributed by atoms with van der Waals surface area (Å²) in [6, 6.07) is 0.0570. The van der Waals surface area contributed by atoms with E-state index in [0.29, 0.717) is 5.69 Å². The number of carbonyl (C=O) groups excluding carboxylic acids is 1. The van der Waals surface area contributed by atoms with Gasteiger partial charge in [0.1, 0.15) is 12.2 Å². The fourth-order valence-electron chi connectivity index (χ4n) is 1.37. The van der Waals surface area contributed by atoms with Crippen LogP contribution in [0.5, 0.6) is 0 Å². The van der Waals surface area contributed by atoms with E-state index in [9.17, 15) is 19.7 Å². The fourth-order valence-corrected chi connectivity index (χ4v) is 1.37. The summed E-state index contributed by atoms with van der Waals surface area (Å²) in [4.78, 5) is 37.7. The maximum Gasteiger partial charge on any atom is 0.326 e. The molecule has 0 saturated carbocycles. The molecule has 1 heterocycles. The zero-order chi connectivity index (χ0) is 14.7. The third-order valence-electron chi connectivity index (χ3n) is 2.77. The number of hydrogen-bond acceptors (Lipinski definition) is 5. The van der Waals surface area contributed by atoms with Crippen LogP contribution in [0.15, 0.2) is 12.3 Å². The van der Waals surface area contributed by atoms with Crippen LogP contribution in [0.1, 0.15) is 23.0 Å². The van der Waals surface area contributed by atoms with E-state index in [-0.39, 0.29) is 11.3 Å². The molecule has 0 aromatic carbocycles. The van der Waals surface area contributed by atoms with Gasteiger partial charge in [-0.2, -0.15) is 0 Å². The lowest BCUT2D eigenvalue weighted by Crippen LogP contribution is -2.40. The predicted molar refractivity (Wildman–Crippen MR) is 64.8 cm³/mol. The summed E-state index contributed by atoms with van der Waals surface area (Å²) < 4.78 is 0. The van der Waals surface area contributed by atoms with E-state index in [1.54, 1.807) is 0 Å². The van der Waals surface area contributed by atoms with Crippen LogP contribution in [0.2, 0.25) is 0 Å². The monoisotopic (exact) mass is 267 g/mol. The topological polar surface area (TPSA) is 114 Å². The lowest BCUT2D eigenvalue weighted by atomic mass is 10.1. The molecule has 102 valence electrons. The molecule has 0 radical (unpaired) electrons. The van der Waals surface area contributed by atoms with Crippen molar-refractivity contribution >= 4 is 17.6 Å². The molecule has 19 heavy (non-hydrogen) atoms. The number of hydrogen-bond donors (Lipinski definition) is 1. The van der Waals surface area contributed by atoms with Crippen molar-refractivity contribution < 1.29 is 19.6 Å². The first-order valence-corrected chi connectivity index (χ1v) is 5.36. The summed E-state index contributed by atoms with van der Waals surface area (Å²) in [6.45, 7) is 2.87. The van der Waals surface area contributed by atoms with Crippen LogP contribution in [-0.4, -0.2) is 44.9 Å². The van der Waals surface area contributed by atoms with E-state index in [1.165, 1.54) is 20.9 Å². The number of amides is 1. The molecule has 1 rings (SSSR count). The minimum absolute atomic E-state index is 0.0183. The van der Waals surface area contributed by atoms with Crippen molar-refractivity contribution in [3.63, 3.8) is 0 Å². The molecule has 8 nitrogen and oxygen atoms in total. The summed E-state index contributed by atoms with van der Waals surface area (Å²) in [5, 5.41) is 19.5. The van der Waals surface area contributed by atoms with Gasteiger partial charge in [0.25, 0.3) is 11.6 Å². The van der Waals surface area contributed by atoms with Crippen LogP contribution >= 0.6 is 0 Å². The van der Waals surface area contributed by atoms with E-state index in [4.69, 9.17) is 5.11 Å². The summed E-state index contributed by atoms with van der Waals surface area (Å²) in [5.74, 6) is -1.78. The summed E-state index contributed by atoms with van der Waals surface area (Å²) in [6.07, 6.45) is 1.05. The molecule has 0 aliphatic heterocycles. The van der Waals surface area contributed by atoms with Crippen molar-refractivity contribution in [1.82, 2.24) is 9.88 Å². The number of nitrogens with zero attached hydrogens (tertiary/aromatic N) is 3. The SMILES string of the molecule is Cc1ncc([N+](=O)[O-])cc1C(=O)N(C)C(C)C(=O)O. The Morgan fingerprint density at radius 1 is 1.53 bits per heavy atom. The first kappa shape index (κ1) is 14.6. The van der Waals surface area contributed by atoms with Crippen molar-refractivity contribution in [3.05, 3.63) is 33.6 Å². The van der Waals surface area contributed by atoms with Gasteiger partial charge < -0.3 is 10.0 Å². The van der Waals surface area contributed by atoms with E-state index in [0.717, 1.165) is 17.2 Å². The Hall–Kier alpha value is -2.51. The van der Waals surface area contributed by atoms with Crippen LogP contribution < -0.4 is 0 Å². The molecule has 8 heteroatoms. The number of carboxylic acid groups (broad SMARTS) is 1. The second-order valence-corrected chi connectivity index (χ2v) is 4.01. The highest BCUT2D eigenvalue weighted by Gasteiger charge is 2.25. The van der Waals surface area contributed by atoms with Crippen LogP contribution in [0.3, 0.4) is 0 Å². The van der Waals surface area contributed by atoms with Gasteiger partial charge in [0, 0.05) is 13.1 Å². The molecule has 1 N–H and O–H groups in total. The summed E-state index contributed by atoms with van der Waals surface area (Å²) >= 11 is 0. The van der Waals surface area contributed by atoms with E-state index < -0.39 is 22.8 Å². The number of likely N-dealkylation sites (N-methyl/N-ethyl adjacent to an activating group) is 1. The average molecular weight is 267 g/mol. The number of aromatic nitrogens is 1. The molecule has 1 aromatic heterocycles. The highest BCUT2D eigenvalue weighted by atomic mass is 16.6. The molecule has 0 fully saturated rings. The number of rotatable bonds is 4. The molecule has 1 unspecified atom stereocenters. The smallest absolute Gasteiger partial charge is 0.326 e. The van der Waals surface area contributed by atoms with Crippen LogP contribution in [-0.2, 0) is 4.79 Å². The fraction of sp³-hybridized carbons (Fsp3) is 0.364. The third-order valence-corrected chi connectivity index (χ3v) is 2.77. The Kier molecular flexibility index (Phi) is 4.15. The minimum atomic E-state index is -1.16. The van der Waals surface area contributed by atoms with Crippen LogP contribution in [0.4, 0.5) is 5.69 Å². The Balaban J connectivity index is 3.15. The van der Waals surface area contributed by atoms with Crippen LogP contribution in [0, 0.1) is 17.0 Å². The Labute approximate surface area is 108 Å².